The topological polar surface area (TPSA) is 81.5 Å². The highest BCUT2D eigenvalue weighted by Gasteiger charge is 2.15. The lowest BCUT2D eigenvalue weighted by Gasteiger charge is -2.09. The van der Waals surface area contributed by atoms with Crippen molar-refractivity contribution >= 4 is 27.5 Å². The summed E-state index contributed by atoms with van der Waals surface area (Å²) in [5.74, 6) is -0.342. The minimum atomic E-state index is -0.528. The molecule has 0 unspecified atom stereocenters. The number of nitro benzene ring substituents is 1. The molecule has 0 radical (unpaired) electrons. The van der Waals surface area contributed by atoms with E-state index < -0.39 is 4.92 Å². The van der Waals surface area contributed by atoms with Gasteiger partial charge in [0.2, 0.25) is 0 Å². The van der Waals surface area contributed by atoms with E-state index in [1.54, 1.807) is 0 Å². The summed E-state index contributed by atoms with van der Waals surface area (Å²) in [7, 11) is 0. The molecule has 0 atom stereocenters. The van der Waals surface area contributed by atoms with Gasteiger partial charge in [-0.3, -0.25) is 14.9 Å². The van der Waals surface area contributed by atoms with E-state index in [0.717, 1.165) is 0 Å². The number of halogens is 1. The number of amides is 1. The lowest BCUT2D eigenvalue weighted by atomic mass is 10.2. The van der Waals surface area contributed by atoms with Gasteiger partial charge in [0.25, 0.3) is 11.6 Å². The Balaban J connectivity index is 2.55. The molecule has 110 valence electrons. The minimum absolute atomic E-state index is 0.110. The summed E-state index contributed by atoms with van der Waals surface area (Å²) in [5, 5.41) is 13.4. The summed E-state index contributed by atoms with van der Waals surface area (Å²) in [5.41, 5.74) is 0.144. The van der Waals surface area contributed by atoms with Crippen molar-refractivity contribution in [3.8, 4) is 0 Å². The van der Waals surface area contributed by atoms with E-state index in [9.17, 15) is 14.9 Å². The van der Waals surface area contributed by atoms with Gasteiger partial charge in [-0.15, -0.1) is 0 Å². The Bertz CT molecular complexity index is 491. The van der Waals surface area contributed by atoms with Crippen LogP contribution in [0.15, 0.2) is 22.7 Å². The summed E-state index contributed by atoms with van der Waals surface area (Å²) in [4.78, 5) is 22.1. The first kappa shape index (κ1) is 16.6. The molecule has 0 saturated heterocycles. The van der Waals surface area contributed by atoms with E-state index in [1.165, 1.54) is 18.2 Å². The summed E-state index contributed by atoms with van der Waals surface area (Å²) in [6, 6.07) is 4.09. The van der Waals surface area contributed by atoms with Crippen molar-refractivity contribution in [3.63, 3.8) is 0 Å². The van der Waals surface area contributed by atoms with E-state index in [1.807, 2.05) is 13.8 Å². The standard InChI is InChI=1S/C13H17BrN2O4/c1-9(2)20-7-3-6-15-13(17)11-8-10(16(18)19)4-5-12(11)14/h4-5,8-9H,3,6-7H2,1-2H3,(H,15,17). The van der Waals surface area contributed by atoms with Crippen LogP contribution in [0.2, 0.25) is 0 Å². The molecule has 1 rings (SSSR count). The first-order valence-electron chi connectivity index (χ1n) is 6.25. The van der Waals surface area contributed by atoms with Crippen molar-refractivity contribution in [2.75, 3.05) is 13.2 Å². The summed E-state index contributed by atoms with van der Waals surface area (Å²) in [6.45, 7) is 4.91. The molecule has 7 heteroatoms. The molecule has 0 heterocycles. The van der Waals surface area contributed by atoms with Crippen LogP contribution in [0.4, 0.5) is 5.69 Å². The fourth-order valence-corrected chi connectivity index (χ4v) is 1.92. The van der Waals surface area contributed by atoms with Gasteiger partial charge >= 0.3 is 0 Å². The highest BCUT2D eigenvalue weighted by atomic mass is 79.9. The Morgan fingerprint density at radius 2 is 2.20 bits per heavy atom. The van der Waals surface area contributed by atoms with Crippen LogP contribution in [0, 0.1) is 10.1 Å². The van der Waals surface area contributed by atoms with Crippen LogP contribution in [0.25, 0.3) is 0 Å². The Labute approximate surface area is 125 Å². The van der Waals surface area contributed by atoms with Crippen molar-refractivity contribution in [1.29, 1.82) is 0 Å². The van der Waals surface area contributed by atoms with E-state index >= 15 is 0 Å². The number of nitro groups is 1. The van der Waals surface area contributed by atoms with Crippen LogP contribution in [0.1, 0.15) is 30.6 Å². The second-order valence-electron chi connectivity index (χ2n) is 4.45. The maximum absolute atomic E-state index is 11.9. The zero-order valence-electron chi connectivity index (χ0n) is 11.4. The van der Waals surface area contributed by atoms with Crippen LogP contribution in [-0.2, 0) is 4.74 Å². The largest absolute Gasteiger partial charge is 0.379 e. The number of rotatable bonds is 7. The number of nitrogens with zero attached hydrogens (tertiary/aromatic N) is 1. The quantitative estimate of drug-likeness (QED) is 0.468. The van der Waals surface area contributed by atoms with E-state index in [4.69, 9.17) is 4.74 Å². The van der Waals surface area contributed by atoms with Gasteiger partial charge in [-0.2, -0.15) is 0 Å². The van der Waals surface area contributed by atoms with E-state index in [0.29, 0.717) is 24.0 Å². The summed E-state index contributed by atoms with van der Waals surface area (Å²) in [6.07, 6.45) is 0.854. The fraction of sp³-hybridized carbons (Fsp3) is 0.462. The molecule has 0 aromatic heterocycles. The Kier molecular flexibility index (Phi) is 6.60. The second kappa shape index (κ2) is 7.96. The number of non-ortho nitro benzene ring substituents is 1. The van der Waals surface area contributed by atoms with Gasteiger partial charge < -0.3 is 10.1 Å². The molecule has 0 aliphatic heterocycles. The molecular weight excluding hydrogens is 328 g/mol. The van der Waals surface area contributed by atoms with Gasteiger partial charge in [-0.05, 0) is 42.3 Å². The van der Waals surface area contributed by atoms with Crippen LogP contribution >= 0.6 is 15.9 Å². The molecule has 1 N–H and O–H groups in total. The van der Waals surface area contributed by atoms with Crippen molar-refractivity contribution in [3.05, 3.63) is 38.3 Å². The Morgan fingerprint density at radius 1 is 1.50 bits per heavy atom. The molecule has 1 amide bonds. The number of hydrogen-bond donors (Lipinski definition) is 1. The van der Waals surface area contributed by atoms with Gasteiger partial charge in [0, 0.05) is 29.8 Å². The predicted molar refractivity (Wildman–Crippen MR) is 78.8 cm³/mol. The SMILES string of the molecule is CC(C)OCCCNC(=O)c1cc([N+](=O)[O-])ccc1Br. The smallest absolute Gasteiger partial charge is 0.270 e. The monoisotopic (exact) mass is 344 g/mol. The molecular formula is C13H17BrN2O4. The molecule has 0 bridgehead atoms. The van der Waals surface area contributed by atoms with Gasteiger partial charge in [-0.25, -0.2) is 0 Å². The van der Waals surface area contributed by atoms with Gasteiger partial charge in [0.05, 0.1) is 16.6 Å². The normalized spacial score (nSPS) is 10.6. The number of carbonyl (C=O) groups excluding carboxylic acids is 1. The summed E-state index contributed by atoms with van der Waals surface area (Å²) >= 11 is 3.21. The minimum Gasteiger partial charge on any atom is -0.379 e. The average Bonchev–Trinajstić information content (AvgIpc) is 2.37. The Hall–Kier alpha value is -1.47. The maximum atomic E-state index is 11.9. The van der Waals surface area contributed by atoms with Crippen LogP contribution in [-0.4, -0.2) is 30.1 Å². The number of ether oxygens (including phenoxy) is 1. The maximum Gasteiger partial charge on any atom is 0.270 e. The molecule has 6 nitrogen and oxygen atoms in total. The van der Waals surface area contributed by atoms with Gasteiger partial charge in [0.15, 0.2) is 0 Å². The number of hydrogen-bond acceptors (Lipinski definition) is 4. The third kappa shape index (κ3) is 5.26. The van der Waals surface area contributed by atoms with Crippen molar-refractivity contribution in [2.45, 2.75) is 26.4 Å². The molecule has 1 aromatic rings. The zero-order chi connectivity index (χ0) is 15.1. The second-order valence-corrected chi connectivity index (χ2v) is 5.30. The first-order valence-corrected chi connectivity index (χ1v) is 7.05. The van der Waals surface area contributed by atoms with E-state index in [2.05, 4.69) is 21.2 Å². The van der Waals surface area contributed by atoms with Crippen molar-refractivity contribution < 1.29 is 14.5 Å². The fourth-order valence-electron chi connectivity index (χ4n) is 1.49. The highest BCUT2D eigenvalue weighted by molar-refractivity contribution is 9.10. The molecule has 0 saturated carbocycles. The van der Waals surface area contributed by atoms with E-state index in [-0.39, 0.29) is 23.3 Å². The zero-order valence-corrected chi connectivity index (χ0v) is 13.0. The molecule has 0 aliphatic rings. The number of carbonyl (C=O) groups is 1. The molecule has 0 spiro atoms. The lowest BCUT2D eigenvalue weighted by molar-refractivity contribution is -0.384. The van der Waals surface area contributed by atoms with Crippen molar-refractivity contribution in [2.24, 2.45) is 0 Å². The van der Waals surface area contributed by atoms with Crippen molar-refractivity contribution in [1.82, 2.24) is 5.32 Å². The third-order valence-electron chi connectivity index (χ3n) is 2.46. The molecule has 0 aliphatic carbocycles. The third-order valence-corrected chi connectivity index (χ3v) is 3.15. The van der Waals surface area contributed by atoms with Gasteiger partial charge in [0.1, 0.15) is 0 Å². The summed E-state index contributed by atoms with van der Waals surface area (Å²) < 4.78 is 5.88. The molecule has 20 heavy (non-hydrogen) atoms. The molecule has 0 fully saturated rings. The highest BCUT2D eigenvalue weighted by Crippen LogP contribution is 2.22. The average molecular weight is 345 g/mol. The van der Waals surface area contributed by atoms with Crippen LogP contribution < -0.4 is 5.32 Å². The number of benzene rings is 1. The van der Waals surface area contributed by atoms with Crippen LogP contribution in [0.3, 0.4) is 0 Å². The number of nitrogens with one attached hydrogen (secondary N) is 1. The van der Waals surface area contributed by atoms with Gasteiger partial charge in [-0.1, -0.05) is 0 Å². The first-order chi connectivity index (χ1) is 9.41. The molecule has 1 aromatic carbocycles. The Morgan fingerprint density at radius 3 is 2.80 bits per heavy atom. The lowest BCUT2D eigenvalue weighted by Crippen LogP contribution is -2.26. The van der Waals surface area contributed by atoms with Crippen LogP contribution in [0.5, 0.6) is 0 Å². The predicted octanol–water partition coefficient (Wildman–Crippen LogP) is 2.90.